The Hall–Kier alpha value is -1.10. The number of carbonyl (C=O) groups excluding carboxylic acids is 1. The van der Waals surface area contributed by atoms with Crippen LogP contribution in [0.1, 0.15) is 5.56 Å². The first-order valence-electron chi connectivity index (χ1n) is 4.11. The van der Waals surface area contributed by atoms with Crippen molar-refractivity contribution in [1.82, 2.24) is 0 Å². The maximum atomic E-state index is 11.1. The molecule has 0 saturated heterocycles. The molecule has 0 amide bonds. The lowest BCUT2D eigenvalue weighted by molar-refractivity contribution is -0.132. The highest BCUT2D eigenvalue weighted by Gasteiger charge is 2.20. The summed E-state index contributed by atoms with van der Waals surface area (Å²) in [5.74, 6) is 0.327. The Balaban J connectivity index is 2.44. The highest BCUT2D eigenvalue weighted by molar-refractivity contribution is 14.1. The molecule has 1 heterocycles. The van der Waals surface area contributed by atoms with E-state index >= 15 is 0 Å². The molecule has 1 aliphatic rings. The molecule has 0 atom stereocenters. The predicted molar refractivity (Wildman–Crippen MR) is 62.6 cm³/mol. The minimum Gasteiger partial charge on any atom is -0.422 e. The van der Waals surface area contributed by atoms with E-state index in [1.54, 1.807) is 4.08 Å². The summed E-state index contributed by atoms with van der Waals surface area (Å²) in [6.45, 7) is 0. The smallest absolute Gasteiger partial charge is 0.336 e. The summed E-state index contributed by atoms with van der Waals surface area (Å²) in [5, 5.41) is 0. The minimum absolute atomic E-state index is 0.299. The molecule has 2 rings (SSSR count). The highest BCUT2D eigenvalue weighted by atomic mass is 127. The fourth-order valence-electron chi connectivity index (χ4n) is 1.31. The van der Waals surface area contributed by atoms with E-state index in [0.29, 0.717) is 5.76 Å². The van der Waals surface area contributed by atoms with Crippen LogP contribution in [0.2, 0.25) is 0 Å². The molecule has 0 bridgehead atoms. The van der Waals surface area contributed by atoms with Gasteiger partial charge >= 0.3 is 5.97 Å². The summed E-state index contributed by atoms with van der Waals surface area (Å²) in [6, 6.07) is 9.71. The number of cyclic esters (lactones) is 1. The summed E-state index contributed by atoms with van der Waals surface area (Å²) in [5.41, 5.74) is 1.85. The fourth-order valence-corrected chi connectivity index (χ4v) is 1.77. The van der Waals surface area contributed by atoms with E-state index in [-0.39, 0.29) is 5.97 Å². The maximum absolute atomic E-state index is 11.1. The van der Waals surface area contributed by atoms with Gasteiger partial charge in [0.25, 0.3) is 0 Å². The molecular weight excluding hydrogens is 291 g/mol. The molecule has 70 valence electrons. The summed E-state index contributed by atoms with van der Waals surface area (Å²) >= 11 is 2.06. The van der Waals surface area contributed by atoms with Crippen molar-refractivity contribution in [3.05, 3.63) is 51.8 Å². The molecule has 2 nitrogen and oxygen atoms in total. The third-order valence-electron chi connectivity index (χ3n) is 1.92. The summed E-state index contributed by atoms with van der Waals surface area (Å²) < 4.78 is 6.76. The van der Waals surface area contributed by atoms with Gasteiger partial charge in [-0.1, -0.05) is 30.3 Å². The molecular formula is C11H7IO2. The van der Waals surface area contributed by atoms with E-state index in [4.69, 9.17) is 4.74 Å². The molecule has 0 unspecified atom stereocenters. The summed E-state index contributed by atoms with van der Waals surface area (Å²) in [6.07, 6.45) is 1.51. The summed E-state index contributed by atoms with van der Waals surface area (Å²) in [4.78, 5) is 11.1. The lowest BCUT2D eigenvalue weighted by Gasteiger charge is -2.02. The van der Waals surface area contributed by atoms with Crippen LogP contribution in [0, 0.1) is 0 Å². The van der Waals surface area contributed by atoms with Crippen molar-refractivity contribution in [2.75, 3.05) is 0 Å². The van der Waals surface area contributed by atoms with Gasteiger partial charge in [-0.15, -0.1) is 0 Å². The van der Waals surface area contributed by atoms with Crippen LogP contribution >= 0.6 is 22.6 Å². The van der Waals surface area contributed by atoms with Crippen molar-refractivity contribution in [1.29, 1.82) is 0 Å². The maximum Gasteiger partial charge on any atom is 0.336 e. The molecule has 0 N–H and O–H groups in total. The Bertz CT molecular complexity index is 418. The van der Waals surface area contributed by atoms with E-state index in [0.717, 1.165) is 11.1 Å². The zero-order valence-corrected chi connectivity index (χ0v) is 9.39. The fraction of sp³-hybridized carbons (Fsp3) is 0. The van der Waals surface area contributed by atoms with E-state index < -0.39 is 0 Å². The van der Waals surface area contributed by atoms with Gasteiger partial charge in [-0.05, 0) is 28.2 Å². The van der Waals surface area contributed by atoms with Crippen LogP contribution in [0.25, 0.3) is 5.57 Å². The molecule has 0 saturated carbocycles. The van der Waals surface area contributed by atoms with Crippen LogP contribution in [-0.4, -0.2) is 5.97 Å². The average molecular weight is 298 g/mol. The molecule has 1 aromatic rings. The Labute approximate surface area is 95.4 Å². The number of hydrogen-bond acceptors (Lipinski definition) is 2. The summed E-state index contributed by atoms with van der Waals surface area (Å²) in [7, 11) is 0. The SMILES string of the molecule is O=C1C=C(c2ccccc2)/C(=C\I)O1. The van der Waals surface area contributed by atoms with Crippen LogP contribution in [-0.2, 0) is 9.53 Å². The topological polar surface area (TPSA) is 26.3 Å². The predicted octanol–water partition coefficient (Wildman–Crippen LogP) is 2.90. The Morgan fingerprint density at radius 2 is 1.93 bits per heavy atom. The van der Waals surface area contributed by atoms with Gasteiger partial charge in [0.2, 0.25) is 0 Å². The molecule has 0 spiro atoms. The zero-order chi connectivity index (χ0) is 9.97. The van der Waals surface area contributed by atoms with Crippen molar-refractivity contribution in [2.45, 2.75) is 0 Å². The van der Waals surface area contributed by atoms with Gasteiger partial charge in [0, 0.05) is 15.7 Å². The van der Waals surface area contributed by atoms with Gasteiger partial charge in [-0.25, -0.2) is 4.79 Å². The largest absolute Gasteiger partial charge is 0.422 e. The van der Waals surface area contributed by atoms with Crippen LogP contribution in [0.5, 0.6) is 0 Å². The molecule has 0 fully saturated rings. The van der Waals surface area contributed by atoms with Crippen molar-refractivity contribution in [2.24, 2.45) is 0 Å². The highest BCUT2D eigenvalue weighted by Crippen LogP contribution is 2.29. The second-order valence-corrected chi connectivity index (χ2v) is 3.44. The van der Waals surface area contributed by atoms with Crippen molar-refractivity contribution in [3.63, 3.8) is 0 Å². The monoisotopic (exact) mass is 298 g/mol. The van der Waals surface area contributed by atoms with E-state index in [1.165, 1.54) is 6.08 Å². The molecule has 14 heavy (non-hydrogen) atoms. The number of allylic oxidation sites excluding steroid dienone is 1. The Morgan fingerprint density at radius 3 is 2.57 bits per heavy atom. The first kappa shape index (κ1) is 9.45. The van der Waals surface area contributed by atoms with Crippen molar-refractivity contribution in [3.8, 4) is 0 Å². The number of rotatable bonds is 1. The number of esters is 1. The lowest BCUT2D eigenvalue weighted by Crippen LogP contribution is -1.89. The lowest BCUT2D eigenvalue weighted by atomic mass is 10.1. The molecule has 1 aromatic carbocycles. The van der Waals surface area contributed by atoms with Crippen LogP contribution < -0.4 is 0 Å². The first-order valence-corrected chi connectivity index (χ1v) is 5.35. The number of hydrogen-bond donors (Lipinski definition) is 0. The second-order valence-electron chi connectivity index (χ2n) is 2.82. The zero-order valence-electron chi connectivity index (χ0n) is 7.24. The molecule has 3 heteroatoms. The number of benzene rings is 1. The number of halogens is 1. The standard InChI is InChI=1S/C11H7IO2/c12-7-10-9(6-11(13)14-10)8-4-2-1-3-5-8/h1-7H/b10-7+. The van der Waals surface area contributed by atoms with Crippen molar-refractivity contribution < 1.29 is 9.53 Å². The number of carbonyl (C=O) groups is 1. The normalized spacial score (nSPS) is 18.2. The second kappa shape index (κ2) is 3.96. The first-order chi connectivity index (χ1) is 6.81. The van der Waals surface area contributed by atoms with E-state index in [9.17, 15) is 4.79 Å². The van der Waals surface area contributed by atoms with Gasteiger partial charge in [-0.2, -0.15) is 0 Å². The third kappa shape index (κ3) is 1.72. The van der Waals surface area contributed by atoms with Crippen molar-refractivity contribution >= 4 is 34.1 Å². The average Bonchev–Trinajstić information content (AvgIpc) is 2.61. The Kier molecular flexibility index (Phi) is 2.67. The van der Waals surface area contributed by atoms with Gasteiger partial charge in [-0.3, -0.25) is 0 Å². The quantitative estimate of drug-likeness (QED) is 0.588. The van der Waals surface area contributed by atoms with Gasteiger partial charge in [0.1, 0.15) is 5.76 Å². The van der Waals surface area contributed by atoms with Gasteiger partial charge in [0.15, 0.2) is 0 Å². The molecule has 0 aliphatic carbocycles. The van der Waals surface area contributed by atoms with Gasteiger partial charge in [0.05, 0.1) is 0 Å². The van der Waals surface area contributed by atoms with Crippen LogP contribution in [0.4, 0.5) is 0 Å². The van der Waals surface area contributed by atoms with Crippen LogP contribution in [0.3, 0.4) is 0 Å². The van der Waals surface area contributed by atoms with E-state index in [2.05, 4.69) is 22.6 Å². The molecule has 0 radical (unpaired) electrons. The van der Waals surface area contributed by atoms with Gasteiger partial charge < -0.3 is 4.74 Å². The molecule has 0 aromatic heterocycles. The van der Waals surface area contributed by atoms with Crippen LogP contribution in [0.15, 0.2) is 46.2 Å². The number of ether oxygens (including phenoxy) is 1. The third-order valence-corrected chi connectivity index (χ3v) is 2.49. The van der Waals surface area contributed by atoms with E-state index in [1.807, 2.05) is 30.3 Å². The minimum atomic E-state index is -0.299. The Morgan fingerprint density at radius 1 is 1.21 bits per heavy atom. The molecule has 1 aliphatic heterocycles.